The van der Waals surface area contributed by atoms with E-state index >= 15 is 0 Å². The van der Waals surface area contributed by atoms with Gasteiger partial charge in [-0.25, -0.2) is 13.8 Å². The Morgan fingerprint density at radius 1 is 1.16 bits per heavy atom. The summed E-state index contributed by atoms with van der Waals surface area (Å²) < 4.78 is 30.2. The minimum atomic E-state index is -2.59. The number of aliphatic hydroxyl groups excluding tert-OH is 1. The van der Waals surface area contributed by atoms with Gasteiger partial charge in [0.15, 0.2) is 0 Å². The summed E-state index contributed by atoms with van der Waals surface area (Å²) in [5.74, 6) is 0.164. The van der Waals surface area contributed by atoms with Gasteiger partial charge in [0.25, 0.3) is 6.43 Å². The zero-order valence-electron chi connectivity index (χ0n) is 10.1. The van der Waals surface area contributed by atoms with Crippen LogP contribution in [0, 0.1) is 0 Å². The molecule has 1 aromatic heterocycles. The molecule has 19 heavy (non-hydrogen) atoms. The molecule has 0 bridgehead atoms. The lowest BCUT2D eigenvalue weighted by Crippen LogP contribution is -2.06. The molecule has 1 N–H and O–H groups in total. The van der Waals surface area contributed by atoms with Crippen LogP contribution in [0.4, 0.5) is 8.78 Å². The molecule has 0 aliphatic carbocycles. The van der Waals surface area contributed by atoms with Crippen molar-refractivity contribution in [1.29, 1.82) is 0 Å². The van der Waals surface area contributed by atoms with Gasteiger partial charge < -0.3 is 9.84 Å². The first-order chi connectivity index (χ1) is 9.13. The summed E-state index contributed by atoms with van der Waals surface area (Å²) in [7, 11) is 1.40. The first kappa shape index (κ1) is 13.4. The van der Waals surface area contributed by atoms with Crippen molar-refractivity contribution in [3.05, 3.63) is 53.5 Å². The smallest absolute Gasteiger partial charge is 0.263 e. The van der Waals surface area contributed by atoms with E-state index in [1.54, 1.807) is 6.07 Å². The molecule has 2 rings (SSSR count). The average molecular weight is 266 g/mol. The number of nitrogens with zero attached hydrogens (tertiary/aromatic N) is 2. The van der Waals surface area contributed by atoms with Gasteiger partial charge in [-0.1, -0.05) is 18.2 Å². The Morgan fingerprint density at radius 2 is 1.84 bits per heavy atom. The summed E-state index contributed by atoms with van der Waals surface area (Å²) in [6.45, 7) is 0. The highest BCUT2D eigenvalue weighted by molar-refractivity contribution is 5.33. The number of methoxy groups -OCH3 is 1. The van der Waals surface area contributed by atoms with E-state index in [0.29, 0.717) is 5.56 Å². The first-order valence-corrected chi connectivity index (χ1v) is 5.54. The molecule has 6 heteroatoms. The molecule has 0 aliphatic heterocycles. The lowest BCUT2D eigenvalue weighted by atomic mass is 10.0. The van der Waals surface area contributed by atoms with Gasteiger partial charge in [0.2, 0.25) is 5.88 Å². The quantitative estimate of drug-likeness (QED) is 0.923. The monoisotopic (exact) mass is 266 g/mol. The van der Waals surface area contributed by atoms with Gasteiger partial charge in [-0.05, 0) is 11.6 Å². The van der Waals surface area contributed by atoms with Crippen LogP contribution in [0.5, 0.6) is 5.88 Å². The Labute approximate surface area is 108 Å². The van der Waals surface area contributed by atoms with E-state index in [2.05, 4.69) is 9.97 Å². The summed E-state index contributed by atoms with van der Waals surface area (Å²) in [5.41, 5.74) is 0.354. The van der Waals surface area contributed by atoms with E-state index in [9.17, 15) is 13.9 Å². The highest BCUT2D eigenvalue weighted by atomic mass is 19.3. The number of ether oxygens (including phenoxy) is 1. The maximum absolute atomic E-state index is 12.6. The molecule has 0 fully saturated rings. The van der Waals surface area contributed by atoms with Crippen LogP contribution >= 0.6 is 0 Å². The van der Waals surface area contributed by atoms with E-state index in [1.807, 2.05) is 0 Å². The van der Waals surface area contributed by atoms with Gasteiger partial charge in [-0.2, -0.15) is 0 Å². The first-order valence-electron chi connectivity index (χ1n) is 5.54. The van der Waals surface area contributed by atoms with Crippen molar-refractivity contribution < 1.29 is 18.6 Å². The Kier molecular flexibility index (Phi) is 4.01. The summed E-state index contributed by atoms with van der Waals surface area (Å²) in [6.07, 6.45) is -0.930. The molecule has 0 amide bonds. The van der Waals surface area contributed by atoms with Crippen molar-refractivity contribution in [3.8, 4) is 5.88 Å². The van der Waals surface area contributed by atoms with E-state index in [-0.39, 0.29) is 17.1 Å². The van der Waals surface area contributed by atoms with Crippen LogP contribution in [0.2, 0.25) is 0 Å². The van der Waals surface area contributed by atoms with Gasteiger partial charge in [0.1, 0.15) is 11.8 Å². The predicted molar refractivity (Wildman–Crippen MR) is 64.0 cm³/mol. The van der Waals surface area contributed by atoms with Gasteiger partial charge >= 0.3 is 0 Å². The van der Waals surface area contributed by atoms with Crippen molar-refractivity contribution in [1.82, 2.24) is 9.97 Å². The van der Waals surface area contributed by atoms with Crippen LogP contribution in [-0.4, -0.2) is 22.2 Å². The highest BCUT2D eigenvalue weighted by Gasteiger charge is 2.19. The Morgan fingerprint density at radius 3 is 2.53 bits per heavy atom. The largest absolute Gasteiger partial charge is 0.480 e. The number of aromatic nitrogens is 2. The number of rotatable bonds is 4. The zero-order valence-corrected chi connectivity index (χ0v) is 10.1. The average Bonchev–Trinajstić information content (AvgIpc) is 2.46. The van der Waals surface area contributed by atoms with E-state index < -0.39 is 12.5 Å². The SMILES string of the molecule is COc1nccnc1C(O)c1cccc(C(F)F)c1. The minimum Gasteiger partial charge on any atom is -0.480 e. The fraction of sp³-hybridized carbons (Fsp3) is 0.231. The van der Waals surface area contributed by atoms with Gasteiger partial charge in [0, 0.05) is 18.0 Å². The fourth-order valence-electron chi connectivity index (χ4n) is 1.70. The van der Waals surface area contributed by atoms with Crippen LogP contribution in [-0.2, 0) is 0 Å². The molecule has 0 aliphatic rings. The Hall–Kier alpha value is -2.08. The van der Waals surface area contributed by atoms with Gasteiger partial charge in [-0.3, -0.25) is 4.98 Å². The second kappa shape index (κ2) is 5.71. The molecule has 2 aromatic rings. The third kappa shape index (κ3) is 2.85. The van der Waals surface area contributed by atoms with Gasteiger partial charge in [-0.15, -0.1) is 0 Å². The molecule has 1 aromatic carbocycles. The third-order valence-electron chi connectivity index (χ3n) is 2.62. The number of aliphatic hydroxyl groups is 1. The molecule has 1 heterocycles. The molecule has 0 saturated heterocycles. The molecule has 0 spiro atoms. The van der Waals surface area contributed by atoms with Crippen LogP contribution in [0.3, 0.4) is 0 Å². The second-order valence-corrected chi connectivity index (χ2v) is 3.82. The number of alkyl halides is 2. The molecule has 0 saturated carbocycles. The molecule has 100 valence electrons. The van der Waals surface area contributed by atoms with Gasteiger partial charge in [0.05, 0.1) is 7.11 Å². The molecule has 0 radical (unpaired) electrons. The topological polar surface area (TPSA) is 55.2 Å². The van der Waals surface area contributed by atoms with E-state index in [4.69, 9.17) is 4.74 Å². The zero-order chi connectivity index (χ0) is 13.8. The normalized spacial score (nSPS) is 12.5. The molecule has 1 atom stereocenters. The van der Waals surface area contributed by atoms with Crippen molar-refractivity contribution in [2.24, 2.45) is 0 Å². The van der Waals surface area contributed by atoms with E-state index in [0.717, 1.165) is 0 Å². The summed E-state index contributed by atoms with van der Waals surface area (Å²) >= 11 is 0. The molecular weight excluding hydrogens is 254 g/mol. The maximum atomic E-state index is 12.6. The minimum absolute atomic E-state index is 0.153. The lowest BCUT2D eigenvalue weighted by molar-refractivity contribution is 0.150. The van der Waals surface area contributed by atoms with Crippen molar-refractivity contribution >= 4 is 0 Å². The summed E-state index contributed by atoms with van der Waals surface area (Å²) in [5, 5.41) is 10.2. The van der Waals surface area contributed by atoms with Crippen molar-refractivity contribution in [2.45, 2.75) is 12.5 Å². The highest BCUT2D eigenvalue weighted by Crippen LogP contribution is 2.28. The fourth-order valence-corrected chi connectivity index (χ4v) is 1.70. The maximum Gasteiger partial charge on any atom is 0.263 e. The van der Waals surface area contributed by atoms with Crippen molar-refractivity contribution in [2.75, 3.05) is 7.11 Å². The number of hydrogen-bond donors (Lipinski definition) is 1. The third-order valence-corrected chi connectivity index (χ3v) is 2.62. The lowest BCUT2D eigenvalue weighted by Gasteiger charge is -2.13. The summed E-state index contributed by atoms with van der Waals surface area (Å²) in [6, 6.07) is 5.55. The van der Waals surface area contributed by atoms with Crippen molar-refractivity contribution in [3.63, 3.8) is 0 Å². The Balaban J connectivity index is 2.38. The van der Waals surface area contributed by atoms with Crippen LogP contribution < -0.4 is 4.74 Å². The standard InChI is InChI=1S/C13H12F2N2O2/c1-19-13-10(16-5-6-17-13)11(18)8-3-2-4-9(7-8)12(14)15/h2-7,11-12,18H,1H3. The molecule has 1 unspecified atom stereocenters. The summed E-state index contributed by atoms with van der Waals surface area (Å²) in [4.78, 5) is 7.88. The van der Waals surface area contributed by atoms with Crippen LogP contribution in [0.25, 0.3) is 0 Å². The Bertz CT molecular complexity index is 564. The molecule has 4 nitrogen and oxygen atoms in total. The number of hydrogen-bond acceptors (Lipinski definition) is 4. The molecular formula is C13H12F2N2O2. The van der Waals surface area contributed by atoms with Crippen LogP contribution in [0.1, 0.15) is 29.4 Å². The van der Waals surface area contributed by atoms with E-state index in [1.165, 1.54) is 37.7 Å². The second-order valence-electron chi connectivity index (χ2n) is 3.82. The number of halogens is 2. The predicted octanol–water partition coefficient (Wildman–Crippen LogP) is 2.50. The van der Waals surface area contributed by atoms with Crippen LogP contribution in [0.15, 0.2) is 36.7 Å². The number of benzene rings is 1.